The van der Waals surface area contributed by atoms with E-state index in [1.807, 2.05) is 30.3 Å². The SMILES string of the molecule is O=C(CN1C(=O)C2(CCCCC2)N=C1c1ccccc1F)Nc1ccc2c(c1)C[C@@]1(C2)C(=O)Nc2ncccc21. The standard InChI is InChI=1S/C31H28FN5O3/c32-24-9-3-2-7-22(24)27-36-31(12-4-1-5-13-31)29(40)37(27)18-25(38)34-21-11-10-19-16-30(17-20(19)15-21)23-8-6-14-33-26(23)35-28(30)39/h2-3,6-11,14-15H,1,4-5,12-13,16-18H2,(H,34,38)(H,33,35,39)/t30-/m1/s1. The first kappa shape index (κ1) is 24.6. The van der Waals surface area contributed by atoms with Crippen LogP contribution in [0, 0.1) is 5.82 Å². The molecule has 3 amide bonds. The Kier molecular flexibility index (Phi) is 5.59. The maximum atomic E-state index is 14.8. The van der Waals surface area contributed by atoms with Crippen LogP contribution in [-0.2, 0) is 32.6 Å². The molecule has 0 bridgehead atoms. The van der Waals surface area contributed by atoms with Crippen LogP contribution in [0.25, 0.3) is 0 Å². The number of aromatic nitrogens is 1. The van der Waals surface area contributed by atoms with Gasteiger partial charge in [0.15, 0.2) is 0 Å². The lowest BCUT2D eigenvalue weighted by Crippen LogP contribution is -2.46. The molecule has 1 saturated carbocycles. The smallest absolute Gasteiger partial charge is 0.256 e. The minimum Gasteiger partial charge on any atom is -0.325 e. The number of halogens is 1. The van der Waals surface area contributed by atoms with Gasteiger partial charge in [-0.15, -0.1) is 0 Å². The third kappa shape index (κ3) is 3.75. The minimum atomic E-state index is -0.926. The number of benzene rings is 2. The van der Waals surface area contributed by atoms with Gasteiger partial charge in [0, 0.05) is 17.4 Å². The van der Waals surface area contributed by atoms with Crippen molar-refractivity contribution in [2.24, 2.45) is 4.99 Å². The molecule has 1 aromatic heterocycles. The quantitative estimate of drug-likeness (QED) is 0.522. The summed E-state index contributed by atoms with van der Waals surface area (Å²) in [5.74, 6) is -0.357. The number of fused-ring (bicyclic) bond motifs is 3. The van der Waals surface area contributed by atoms with Gasteiger partial charge in [0.1, 0.15) is 29.6 Å². The zero-order chi connectivity index (χ0) is 27.5. The van der Waals surface area contributed by atoms with Gasteiger partial charge in [0.25, 0.3) is 5.91 Å². The summed E-state index contributed by atoms with van der Waals surface area (Å²) in [6.07, 6.45) is 6.70. The molecule has 0 radical (unpaired) electrons. The van der Waals surface area contributed by atoms with Crippen molar-refractivity contribution >= 4 is 35.1 Å². The molecule has 3 heterocycles. The number of nitrogens with one attached hydrogen (secondary N) is 2. The van der Waals surface area contributed by atoms with Crippen molar-refractivity contribution in [3.8, 4) is 0 Å². The maximum absolute atomic E-state index is 14.8. The van der Waals surface area contributed by atoms with Gasteiger partial charge in [-0.05, 0) is 67.1 Å². The summed E-state index contributed by atoms with van der Waals surface area (Å²) in [4.78, 5) is 50.4. The van der Waals surface area contributed by atoms with E-state index in [1.165, 1.54) is 11.0 Å². The number of hydrogen-bond donors (Lipinski definition) is 2. The van der Waals surface area contributed by atoms with E-state index < -0.39 is 22.7 Å². The second-order valence-corrected chi connectivity index (χ2v) is 11.2. The highest BCUT2D eigenvalue weighted by Crippen LogP contribution is 2.47. The Balaban J connectivity index is 1.12. The summed E-state index contributed by atoms with van der Waals surface area (Å²) in [6.45, 7) is -0.268. The molecule has 2 aliphatic carbocycles. The van der Waals surface area contributed by atoms with Crippen LogP contribution in [0.4, 0.5) is 15.9 Å². The van der Waals surface area contributed by atoms with Crippen molar-refractivity contribution in [2.45, 2.75) is 55.9 Å². The molecule has 1 fully saturated rings. The number of hydrogen-bond acceptors (Lipinski definition) is 5. The van der Waals surface area contributed by atoms with Gasteiger partial charge >= 0.3 is 0 Å². The molecule has 8 nitrogen and oxygen atoms in total. The summed E-state index contributed by atoms with van der Waals surface area (Å²) in [6, 6.07) is 15.6. The second kappa shape index (κ2) is 9.08. The van der Waals surface area contributed by atoms with Crippen LogP contribution in [0.3, 0.4) is 0 Å². The normalized spacial score (nSPS) is 22.3. The molecule has 3 aromatic rings. The van der Waals surface area contributed by atoms with E-state index in [9.17, 15) is 18.8 Å². The number of nitrogens with zero attached hydrogens (tertiary/aromatic N) is 3. The van der Waals surface area contributed by atoms with Gasteiger partial charge in [-0.25, -0.2) is 9.37 Å². The number of pyridine rings is 1. The number of carbonyl (C=O) groups excluding carboxylic acids is 3. The zero-order valence-corrected chi connectivity index (χ0v) is 21.9. The fourth-order valence-corrected chi connectivity index (χ4v) is 6.80. The van der Waals surface area contributed by atoms with Gasteiger partial charge in [-0.1, -0.05) is 43.5 Å². The zero-order valence-electron chi connectivity index (χ0n) is 21.9. The number of aliphatic imine (C=N–C) groups is 1. The van der Waals surface area contributed by atoms with Crippen LogP contribution in [0.2, 0.25) is 0 Å². The van der Waals surface area contributed by atoms with E-state index in [1.54, 1.807) is 24.4 Å². The highest BCUT2D eigenvalue weighted by Gasteiger charge is 2.51. The van der Waals surface area contributed by atoms with E-state index in [0.717, 1.165) is 36.0 Å². The molecule has 4 aliphatic rings. The Labute approximate surface area is 230 Å². The minimum absolute atomic E-state index is 0.0628. The van der Waals surface area contributed by atoms with Crippen molar-refractivity contribution < 1.29 is 18.8 Å². The lowest BCUT2D eigenvalue weighted by Gasteiger charge is -2.29. The Hall–Kier alpha value is -4.40. The van der Waals surface area contributed by atoms with E-state index in [2.05, 4.69) is 15.6 Å². The largest absolute Gasteiger partial charge is 0.325 e. The Morgan fingerprint density at radius 3 is 2.62 bits per heavy atom. The topological polar surface area (TPSA) is 104 Å². The lowest BCUT2D eigenvalue weighted by atomic mass is 9.79. The van der Waals surface area contributed by atoms with Crippen LogP contribution < -0.4 is 10.6 Å². The number of anilines is 2. The number of amides is 3. The molecule has 2 spiro atoms. The number of carbonyl (C=O) groups is 3. The molecule has 2 aromatic carbocycles. The molecule has 0 saturated heterocycles. The molecular weight excluding hydrogens is 509 g/mol. The maximum Gasteiger partial charge on any atom is 0.256 e. The van der Waals surface area contributed by atoms with Gasteiger partial charge < -0.3 is 10.6 Å². The Bertz CT molecular complexity index is 1610. The average molecular weight is 538 g/mol. The first-order chi connectivity index (χ1) is 19.4. The molecule has 2 aliphatic heterocycles. The third-order valence-corrected chi connectivity index (χ3v) is 8.78. The molecule has 9 heteroatoms. The van der Waals surface area contributed by atoms with E-state index in [-0.39, 0.29) is 29.8 Å². The summed E-state index contributed by atoms with van der Waals surface area (Å²) in [5, 5.41) is 5.82. The molecule has 0 unspecified atom stereocenters. The second-order valence-electron chi connectivity index (χ2n) is 11.2. The third-order valence-electron chi connectivity index (χ3n) is 8.78. The van der Waals surface area contributed by atoms with E-state index in [0.29, 0.717) is 37.2 Å². The van der Waals surface area contributed by atoms with Crippen molar-refractivity contribution in [1.29, 1.82) is 0 Å². The fraction of sp³-hybridized carbons (Fsp3) is 0.323. The average Bonchev–Trinajstić information content (AvgIpc) is 3.56. The predicted octanol–water partition coefficient (Wildman–Crippen LogP) is 4.14. The van der Waals surface area contributed by atoms with Crippen LogP contribution in [0.1, 0.15) is 54.4 Å². The predicted molar refractivity (Wildman–Crippen MR) is 147 cm³/mol. The van der Waals surface area contributed by atoms with Crippen molar-refractivity contribution in [3.63, 3.8) is 0 Å². The van der Waals surface area contributed by atoms with E-state index in [4.69, 9.17) is 4.99 Å². The van der Waals surface area contributed by atoms with Gasteiger partial charge in [-0.3, -0.25) is 24.3 Å². The first-order valence-corrected chi connectivity index (χ1v) is 13.7. The van der Waals surface area contributed by atoms with Crippen molar-refractivity contribution in [2.75, 3.05) is 17.2 Å². The Morgan fingerprint density at radius 1 is 1.00 bits per heavy atom. The molecule has 202 valence electrons. The molecule has 1 atom stereocenters. The number of amidine groups is 1. The van der Waals surface area contributed by atoms with E-state index >= 15 is 0 Å². The van der Waals surface area contributed by atoms with Crippen LogP contribution in [0.5, 0.6) is 0 Å². The Morgan fingerprint density at radius 2 is 1.80 bits per heavy atom. The summed E-state index contributed by atoms with van der Waals surface area (Å²) in [7, 11) is 0. The molecular formula is C31H28FN5O3. The molecule has 7 rings (SSSR count). The highest BCUT2D eigenvalue weighted by atomic mass is 19.1. The monoisotopic (exact) mass is 537 g/mol. The van der Waals surface area contributed by atoms with Gasteiger partial charge in [-0.2, -0.15) is 0 Å². The summed E-state index contributed by atoms with van der Waals surface area (Å²) < 4.78 is 14.8. The summed E-state index contributed by atoms with van der Waals surface area (Å²) in [5.41, 5.74) is 2.10. The van der Waals surface area contributed by atoms with Crippen molar-refractivity contribution in [3.05, 3.63) is 88.9 Å². The van der Waals surface area contributed by atoms with Crippen LogP contribution in [-0.4, -0.2) is 45.5 Å². The highest BCUT2D eigenvalue weighted by molar-refractivity contribution is 6.17. The fourth-order valence-electron chi connectivity index (χ4n) is 6.80. The van der Waals surface area contributed by atoms with Gasteiger partial charge in [0.05, 0.1) is 11.0 Å². The van der Waals surface area contributed by atoms with Gasteiger partial charge in [0.2, 0.25) is 11.8 Å². The molecule has 40 heavy (non-hydrogen) atoms. The first-order valence-electron chi connectivity index (χ1n) is 13.7. The number of rotatable bonds is 4. The van der Waals surface area contributed by atoms with Crippen molar-refractivity contribution in [1.82, 2.24) is 9.88 Å². The lowest BCUT2D eigenvalue weighted by molar-refractivity contribution is -0.134. The molecule has 2 N–H and O–H groups in total. The van der Waals surface area contributed by atoms with Crippen LogP contribution in [0.15, 0.2) is 65.8 Å². The summed E-state index contributed by atoms with van der Waals surface area (Å²) >= 11 is 0. The van der Waals surface area contributed by atoms with Crippen LogP contribution >= 0.6 is 0 Å².